The van der Waals surface area contributed by atoms with E-state index in [0.29, 0.717) is 13.2 Å². The molecule has 5 heteroatoms. The van der Waals surface area contributed by atoms with Crippen LogP contribution in [-0.4, -0.2) is 17.3 Å². The van der Waals surface area contributed by atoms with Crippen LogP contribution >= 0.6 is 19.4 Å². The van der Waals surface area contributed by atoms with Crippen molar-refractivity contribution in [3.8, 4) is 0 Å². The Hall–Kier alpha value is -0.827. The van der Waals surface area contributed by atoms with E-state index in [4.69, 9.17) is 28.9 Å². The van der Waals surface area contributed by atoms with Gasteiger partial charge in [-0.3, -0.25) is 0 Å². The summed E-state index contributed by atoms with van der Waals surface area (Å²) in [4.78, 5) is 0. The number of allylic oxidation sites excluding steroid dienone is 1. The summed E-state index contributed by atoms with van der Waals surface area (Å²) < 4.78 is 12.6. The van der Waals surface area contributed by atoms with E-state index in [-0.39, 0.29) is 6.29 Å². The molecular formula is C20H18Cl2O2Ru. The second-order valence-corrected chi connectivity index (χ2v) is 12.0. The van der Waals surface area contributed by atoms with E-state index in [0.717, 1.165) is 15.2 Å². The van der Waals surface area contributed by atoms with Crippen molar-refractivity contribution < 1.29 is 23.0 Å². The molecule has 0 saturated carbocycles. The van der Waals surface area contributed by atoms with Crippen LogP contribution in [0.25, 0.3) is 5.57 Å². The summed E-state index contributed by atoms with van der Waals surface area (Å²) in [7, 11) is 13.0. The summed E-state index contributed by atoms with van der Waals surface area (Å²) in [6, 6.07) is 12.6. The molecule has 132 valence electrons. The standard InChI is InChI=1S/C20H18O2.2ClH.Ru/c1-13-5-3-4-6-15(13)16-9-10-17-18(20-21-11-12-22-20)8-7-14(2)19(16)17;;;/h3-9,20H,11-12H2,1-2H3;2*1H;/q;;;+2/p-2. The van der Waals surface area contributed by atoms with Crippen molar-refractivity contribution in [2.45, 2.75) is 20.1 Å². The summed E-state index contributed by atoms with van der Waals surface area (Å²) >= 11 is -2.10. The molecule has 0 atom stereocenters. The summed E-state index contributed by atoms with van der Waals surface area (Å²) in [5.41, 5.74) is 8.23. The van der Waals surface area contributed by atoms with Gasteiger partial charge in [0, 0.05) is 0 Å². The second-order valence-electron chi connectivity index (χ2n) is 6.19. The van der Waals surface area contributed by atoms with Crippen molar-refractivity contribution in [1.29, 1.82) is 0 Å². The van der Waals surface area contributed by atoms with Gasteiger partial charge in [0.15, 0.2) is 0 Å². The SMILES string of the molecule is Cc1ccccc1C1=C[C](=[Ru]([Cl])[Cl])c2c(C3OCCO3)ccc(C)c21. The fraction of sp³-hybridized carbons (Fsp3) is 0.250. The van der Waals surface area contributed by atoms with Gasteiger partial charge in [-0.2, -0.15) is 0 Å². The van der Waals surface area contributed by atoms with E-state index in [1.165, 1.54) is 27.8 Å². The third-order valence-corrected chi connectivity index (χ3v) is 7.77. The van der Waals surface area contributed by atoms with Gasteiger partial charge in [0.1, 0.15) is 0 Å². The van der Waals surface area contributed by atoms with Crippen LogP contribution in [0.2, 0.25) is 0 Å². The minimum atomic E-state index is -2.10. The Morgan fingerprint density at radius 2 is 1.64 bits per heavy atom. The first-order chi connectivity index (χ1) is 12.1. The molecule has 2 nitrogen and oxygen atoms in total. The van der Waals surface area contributed by atoms with Gasteiger partial charge in [0.2, 0.25) is 0 Å². The zero-order chi connectivity index (χ0) is 17.6. The zero-order valence-corrected chi connectivity index (χ0v) is 17.2. The topological polar surface area (TPSA) is 18.5 Å². The van der Waals surface area contributed by atoms with Crippen LogP contribution in [0.15, 0.2) is 42.5 Å². The molecule has 1 fully saturated rings. The molecule has 0 unspecified atom stereocenters. The molecule has 1 aliphatic carbocycles. The molecule has 0 radical (unpaired) electrons. The minimum absolute atomic E-state index is 0.337. The number of hydrogen-bond acceptors (Lipinski definition) is 2. The maximum atomic E-state index is 6.48. The monoisotopic (exact) mass is 462 g/mol. The summed E-state index contributed by atoms with van der Waals surface area (Å²) in [5, 5.41) is 0. The molecule has 0 amide bonds. The molecule has 2 aromatic carbocycles. The van der Waals surface area contributed by atoms with Crippen LogP contribution in [-0.2, 0) is 23.0 Å². The van der Waals surface area contributed by atoms with Gasteiger partial charge in [-0.25, -0.2) is 0 Å². The first-order valence-electron chi connectivity index (χ1n) is 8.10. The molecule has 4 rings (SSSR count). The fourth-order valence-electron chi connectivity index (χ4n) is 3.52. The number of rotatable bonds is 2. The van der Waals surface area contributed by atoms with E-state index in [1.807, 2.05) is 0 Å². The van der Waals surface area contributed by atoms with E-state index < -0.39 is 13.5 Å². The van der Waals surface area contributed by atoms with Gasteiger partial charge in [-0.1, -0.05) is 0 Å². The average molecular weight is 462 g/mol. The number of halogens is 2. The summed E-state index contributed by atoms with van der Waals surface area (Å²) in [6.07, 6.45) is 1.84. The van der Waals surface area contributed by atoms with Gasteiger partial charge < -0.3 is 0 Å². The van der Waals surface area contributed by atoms with Crippen molar-refractivity contribution in [2.75, 3.05) is 13.2 Å². The molecule has 1 heterocycles. The quantitative estimate of drug-likeness (QED) is 0.569. The Morgan fingerprint density at radius 3 is 2.32 bits per heavy atom. The number of fused-ring (bicyclic) bond motifs is 1. The van der Waals surface area contributed by atoms with Gasteiger partial charge in [0.05, 0.1) is 0 Å². The molecule has 0 spiro atoms. The Labute approximate surface area is 160 Å². The molecule has 2 aliphatic rings. The Morgan fingerprint density at radius 1 is 0.920 bits per heavy atom. The van der Waals surface area contributed by atoms with E-state index in [9.17, 15) is 0 Å². The Bertz CT molecular complexity index is 908. The first-order valence-corrected chi connectivity index (χ1v) is 13.4. The Balaban J connectivity index is 1.99. The molecule has 2 aromatic rings. The van der Waals surface area contributed by atoms with Crippen molar-refractivity contribution in [2.24, 2.45) is 0 Å². The normalized spacial score (nSPS) is 17.7. The molecule has 0 aromatic heterocycles. The third kappa shape index (κ3) is 3.07. The van der Waals surface area contributed by atoms with Crippen LogP contribution in [0.1, 0.15) is 39.7 Å². The van der Waals surface area contributed by atoms with E-state index in [1.54, 1.807) is 0 Å². The van der Waals surface area contributed by atoms with Crippen molar-refractivity contribution in [3.63, 3.8) is 0 Å². The van der Waals surface area contributed by atoms with Gasteiger partial charge in [-0.15, -0.1) is 0 Å². The van der Waals surface area contributed by atoms with Crippen LogP contribution in [0.4, 0.5) is 0 Å². The van der Waals surface area contributed by atoms with Gasteiger partial charge >= 0.3 is 161 Å². The molecule has 0 N–H and O–H groups in total. The first kappa shape index (κ1) is 17.6. The van der Waals surface area contributed by atoms with Gasteiger partial charge in [0.25, 0.3) is 0 Å². The maximum absolute atomic E-state index is 6.48. The van der Waals surface area contributed by atoms with E-state index >= 15 is 0 Å². The molecule has 1 saturated heterocycles. The molecular weight excluding hydrogens is 444 g/mol. The van der Waals surface area contributed by atoms with Crippen LogP contribution in [0, 0.1) is 13.8 Å². The predicted octanol–water partition coefficient (Wildman–Crippen LogP) is 5.24. The predicted molar refractivity (Wildman–Crippen MR) is 99.9 cm³/mol. The van der Waals surface area contributed by atoms with Crippen LogP contribution in [0.5, 0.6) is 0 Å². The van der Waals surface area contributed by atoms with E-state index in [2.05, 4.69) is 56.3 Å². The number of hydrogen-bond donors (Lipinski definition) is 0. The molecule has 0 bridgehead atoms. The average Bonchev–Trinajstić information content (AvgIpc) is 3.24. The fourth-order valence-corrected chi connectivity index (χ4v) is 6.00. The number of aryl methyl sites for hydroxylation is 2. The van der Waals surface area contributed by atoms with Crippen molar-refractivity contribution in [3.05, 3.63) is 75.9 Å². The molecule has 1 aliphatic heterocycles. The van der Waals surface area contributed by atoms with Crippen molar-refractivity contribution in [1.82, 2.24) is 0 Å². The third-order valence-electron chi connectivity index (χ3n) is 4.67. The zero-order valence-electron chi connectivity index (χ0n) is 14.0. The Kier molecular flexibility index (Phi) is 4.96. The van der Waals surface area contributed by atoms with Crippen LogP contribution in [0.3, 0.4) is 0 Å². The summed E-state index contributed by atoms with van der Waals surface area (Å²) in [5.74, 6) is 0. The second kappa shape index (κ2) is 7.06. The number of ether oxygens (including phenoxy) is 2. The molecule has 25 heavy (non-hydrogen) atoms. The van der Waals surface area contributed by atoms with Crippen LogP contribution < -0.4 is 0 Å². The summed E-state index contributed by atoms with van der Waals surface area (Å²) in [6.45, 7) is 5.49. The van der Waals surface area contributed by atoms with Crippen molar-refractivity contribution >= 4 is 29.1 Å². The number of benzene rings is 2. The van der Waals surface area contributed by atoms with Gasteiger partial charge in [-0.05, 0) is 0 Å².